The Morgan fingerprint density at radius 1 is 1.40 bits per heavy atom. The molecule has 1 aromatic heterocycles. The minimum atomic E-state index is -0.599. The number of hydrogen-bond acceptors (Lipinski definition) is 5. The Kier molecular flexibility index (Phi) is 4.68. The van der Waals surface area contributed by atoms with Crippen LogP contribution in [0.5, 0.6) is 5.88 Å². The molecule has 6 nitrogen and oxygen atoms in total. The molecule has 0 amide bonds. The van der Waals surface area contributed by atoms with E-state index in [2.05, 4.69) is 0 Å². The van der Waals surface area contributed by atoms with Gasteiger partial charge in [0.1, 0.15) is 11.6 Å². The van der Waals surface area contributed by atoms with Crippen LogP contribution in [0.2, 0.25) is 0 Å². The summed E-state index contributed by atoms with van der Waals surface area (Å²) < 4.78 is 6.60. The summed E-state index contributed by atoms with van der Waals surface area (Å²) in [6.07, 6.45) is 1.44. The van der Waals surface area contributed by atoms with E-state index in [-0.39, 0.29) is 29.3 Å². The molecular weight excluding hydrogens is 320 g/mol. The Morgan fingerprint density at radius 3 is 2.72 bits per heavy atom. The standard InChI is InChI=1S/C19H18N2O4/c1-12-15(10-20)18(23)21(11-14-8-5-9-25-14)19(24)16(12)17(22)13-6-3-2-4-7-13/h2-4,6-7,14,24H,5,8-9,11H2,1H3. The minimum absolute atomic E-state index is 0.0136. The normalized spacial score (nSPS) is 16.6. The molecule has 25 heavy (non-hydrogen) atoms. The lowest BCUT2D eigenvalue weighted by Gasteiger charge is -2.18. The second-order valence-electron chi connectivity index (χ2n) is 6.06. The van der Waals surface area contributed by atoms with Crippen LogP contribution in [-0.2, 0) is 11.3 Å². The number of ketones is 1. The van der Waals surface area contributed by atoms with Gasteiger partial charge in [-0.1, -0.05) is 30.3 Å². The lowest BCUT2D eigenvalue weighted by molar-refractivity contribution is 0.0929. The van der Waals surface area contributed by atoms with Crippen molar-refractivity contribution in [1.29, 1.82) is 5.26 Å². The molecule has 128 valence electrons. The van der Waals surface area contributed by atoms with Crippen molar-refractivity contribution in [3.05, 3.63) is 62.9 Å². The molecule has 0 spiro atoms. The van der Waals surface area contributed by atoms with Crippen LogP contribution in [0.25, 0.3) is 0 Å². The second-order valence-corrected chi connectivity index (χ2v) is 6.06. The lowest BCUT2D eigenvalue weighted by Crippen LogP contribution is -2.30. The van der Waals surface area contributed by atoms with Crippen molar-refractivity contribution in [2.24, 2.45) is 0 Å². The summed E-state index contributed by atoms with van der Waals surface area (Å²) in [5, 5.41) is 20.0. The molecule has 2 aromatic rings. The van der Waals surface area contributed by atoms with Crippen LogP contribution >= 0.6 is 0 Å². The Balaban J connectivity index is 2.16. The predicted octanol–water partition coefficient (Wildman–Crippen LogP) is 2.14. The van der Waals surface area contributed by atoms with Gasteiger partial charge in [-0.3, -0.25) is 14.2 Å². The highest BCUT2D eigenvalue weighted by atomic mass is 16.5. The Hall–Kier alpha value is -2.91. The maximum atomic E-state index is 12.8. The number of carbonyl (C=O) groups excluding carboxylic acids is 1. The summed E-state index contributed by atoms with van der Waals surface area (Å²) in [5.74, 6) is -0.834. The van der Waals surface area contributed by atoms with Crippen molar-refractivity contribution >= 4 is 5.78 Å². The van der Waals surface area contributed by atoms with Gasteiger partial charge in [0, 0.05) is 12.2 Å². The average molecular weight is 338 g/mol. The first-order chi connectivity index (χ1) is 12.0. The SMILES string of the molecule is Cc1c(C(=O)c2ccccc2)c(O)n(CC2CCCO2)c(=O)c1C#N. The van der Waals surface area contributed by atoms with Crippen LogP contribution < -0.4 is 5.56 Å². The highest BCUT2D eigenvalue weighted by Gasteiger charge is 2.27. The summed E-state index contributed by atoms with van der Waals surface area (Å²) >= 11 is 0. The van der Waals surface area contributed by atoms with Gasteiger partial charge in [-0.25, -0.2) is 0 Å². The lowest BCUT2D eigenvalue weighted by atomic mass is 9.97. The highest BCUT2D eigenvalue weighted by molar-refractivity contribution is 6.11. The maximum Gasteiger partial charge on any atom is 0.271 e. The quantitative estimate of drug-likeness (QED) is 0.862. The third-order valence-electron chi connectivity index (χ3n) is 4.47. The molecule has 0 bridgehead atoms. The second kappa shape index (κ2) is 6.91. The molecule has 1 aromatic carbocycles. The van der Waals surface area contributed by atoms with Crippen LogP contribution in [0.3, 0.4) is 0 Å². The monoisotopic (exact) mass is 338 g/mol. The van der Waals surface area contributed by atoms with Gasteiger partial charge >= 0.3 is 0 Å². The number of hydrogen-bond donors (Lipinski definition) is 1. The molecule has 0 saturated carbocycles. The first-order valence-corrected chi connectivity index (χ1v) is 8.12. The summed E-state index contributed by atoms with van der Waals surface area (Å²) in [6.45, 7) is 2.23. The molecule has 1 saturated heterocycles. The van der Waals surface area contributed by atoms with Crippen LogP contribution in [0, 0.1) is 18.3 Å². The van der Waals surface area contributed by atoms with Gasteiger partial charge in [-0.15, -0.1) is 0 Å². The number of rotatable bonds is 4. The van der Waals surface area contributed by atoms with Crippen LogP contribution in [0.1, 0.15) is 39.9 Å². The third kappa shape index (κ3) is 3.06. The van der Waals surface area contributed by atoms with Crippen molar-refractivity contribution < 1.29 is 14.6 Å². The fourth-order valence-corrected chi connectivity index (χ4v) is 3.12. The molecule has 1 aliphatic heterocycles. The molecule has 0 aliphatic carbocycles. The van der Waals surface area contributed by atoms with Crippen molar-refractivity contribution in [2.45, 2.75) is 32.4 Å². The first-order valence-electron chi connectivity index (χ1n) is 8.12. The average Bonchev–Trinajstić information content (AvgIpc) is 3.13. The zero-order chi connectivity index (χ0) is 18.0. The molecular formula is C19H18N2O4. The summed E-state index contributed by atoms with van der Waals surface area (Å²) in [4.78, 5) is 25.4. The number of carbonyl (C=O) groups is 1. The number of benzene rings is 1. The van der Waals surface area contributed by atoms with E-state index in [1.54, 1.807) is 30.3 Å². The number of aromatic nitrogens is 1. The number of nitriles is 1. The van der Waals surface area contributed by atoms with E-state index in [0.29, 0.717) is 12.2 Å². The molecule has 1 aliphatic rings. The molecule has 1 unspecified atom stereocenters. The highest BCUT2D eigenvalue weighted by Crippen LogP contribution is 2.26. The van der Waals surface area contributed by atoms with Gasteiger partial charge in [-0.05, 0) is 25.3 Å². The van der Waals surface area contributed by atoms with E-state index in [0.717, 1.165) is 17.4 Å². The Bertz CT molecular complexity index is 904. The number of pyridine rings is 1. The van der Waals surface area contributed by atoms with Crippen molar-refractivity contribution in [3.63, 3.8) is 0 Å². The fraction of sp³-hybridized carbons (Fsp3) is 0.316. The van der Waals surface area contributed by atoms with Crippen molar-refractivity contribution in [1.82, 2.24) is 4.57 Å². The van der Waals surface area contributed by atoms with E-state index in [4.69, 9.17) is 4.74 Å². The van der Waals surface area contributed by atoms with Crippen LogP contribution in [0.4, 0.5) is 0 Å². The Morgan fingerprint density at radius 2 is 2.12 bits per heavy atom. The predicted molar refractivity (Wildman–Crippen MR) is 90.7 cm³/mol. The maximum absolute atomic E-state index is 12.8. The van der Waals surface area contributed by atoms with E-state index in [1.807, 2.05) is 6.07 Å². The molecule has 6 heteroatoms. The van der Waals surface area contributed by atoms with E-state index in [9.17, 15) is 20.0 Å². The molecule has 3 rings (SSSR count). The van der Waals surface area contributed by atoms with Crippen LogP contribution in [0.15, 0.2) is 35.1 Å². The van der Waals surface area contributed by atoms with Gasteiger partial charge in [0.15, 0.2) is 5.78 Å². The van der Waals surface area contributed by atoms with Gasteiger partial charge < -0.3 is 9.84 Å². The molecule has 0 radical (unpaired) electrons. The molecule has 1 fully saturated rings. The van der Waals surface area contributed by atoms with Gasteiger partial charge in [0.05, 0.1) is 18.2 Å². The molecule has 1 N–H and O–H groups in total. The van der Waals surface area contributed by atoms with E-state index in [1.165, 1.54) is 6.92 Å². The number of ether oxygens (including phenoxy) is 1. The third-order valence-corrected chi connectivity index (χ3v) is 4.47. The smallest absolute Gasteiger partial charge is 0.271 e. The summed E-state index contributed by atoms with van der Waals surface area (Å²) in [6, 6.07) is 10.3. The summed E-state index contributed by atoms with van der Waals surface area (Å²) in [5.41, 5.74) is -0.164. The largest absolute Gasteiger partial charge is 0.494 e. The van der Waals surface area contributed by atoms with Crippen molar-refractivity contribution in [2.75, 3.05) is 6.61 Å². The van der Waals surface area contributed by atoms with Crippen LogP contribution in [-0.4, -0.2) is 28.2 Å². The number of aromatic hydroxyl groups is 1. The topological polar surface area (TPSA) is 92.3 Å². The molecule has 1 atom stereocenters. The van der Waals surface area contributed by atoms with E-state index < -0.39 is 17.2 Å². The van der Waals surface area contributed by atoms with Gasteiger partial charge in [-0.2, -0.15) is 5.26 Å². The molecule has 2 heterocycles. The summed E-state index contributed by atoms with van der Waals surface area (Å²) in [7, 11) is 0. The number of nitrogens with zero attached hydrogens (tertiary/aromatic N) is 2. The fourth-order valence-electron chi connectivity index (χ4n) is 3.12. The Labute approximate surface area is 144 Å². The van der Waals surface area contributed by atoms with E-state index >= 15 is 0 Å². The van der Waals surface area contributed by atoms with Crippen molar-refractivity contribution in [3.8, 4) is 11.9 Å². The zero-order valence-electron chi connectivity index (χ0n) is 13.9. The van der Waals surface area contributed by atoms with Gasteiger partial charge in [0.25, 0.3) is 5.56 Å². The zero-order valence-corrected chi connectivity index (χ0v) is 13.9. The first kappa shape index (κ1) is 16.9. The minimum Gasteiger partial charge on any atom is -0.494 e. The van der Waals surface area contributed by atoms with Gasteiger partial charge in [0.2, 0.25) is 5.88 Å².